The smallest absolute Gasteiger partial charge is 0.309 e. The number of benzene rings is 1. The molecule has 0 amide bonds. The lowest BCUT2D eigenvalue weighted by atomic mass is 9.82. The van der Waals surface area contributed by atoms with Gasteiger partial charge in [0, 0.05) is 60.4 Å². The van der Waals surface area contributed by atoms with Gasteiger partial charge >= 0.3 is 23.9 Å². The first-order valence-corrected chi connectivity index (χ1v) is 31.5. The number of hydrogen-bond donors (Lipinski definition) is 1. The summed E-state index contributed by atoms with van der Waals surface area (Å²) in [5, 5.41) is 11.6. The van der Waals surface area contributed by atoms with Gasteiger partial charge in [0.15, 0.2) is 39.4 Å². The normalized spacial score (nSPS) is 33.4. The summed E-state index contributed by atoms with van der Waals surface area (Å²) in [7, 11) is 5.82. The summed E-state index contributed by atoms with van der Waals surface area (Å²) >= 11 is 0. The fraction of sp³-hybridized carbons (Fsp3) is 0.767. The molecule has 0 aromatic heterocycles. The van der Waals surface area contributed by atoms with Gasteiger partial charge in [0.25, 0.3) is 0 Å². The highest BCUT2D eigenvalue weighted by molar-refractivity contribution is 6.74. The van der Waals surface area contributed by atoms with Crippen molar-refractivity contribution in [2.75, 3.05) is 35.4 Å². The molecule has 0 aliphatic carbocycles. The van der Waals surface area contributed by atoms with Gasteiger partial charge in [0.2, 0.25) is 0 Å². The predicted molar refractivity (Wildman–Crippen MR) is 301 cm³/mol. The molecular formula is C60H99NO17Si. The van der Waals surface area contributed by atoms with Crippen molar-refractivity contribution in [2.45, 2.75) is 250 Å². The van der Waals surface area contributed by atoms with Crippen LogP contribution in [-0.2, 0) is 82.1 Å². The van der Waals surface area contributed by atoms with Crippen LogP contribution in [0.2, 0.25) is 18.1 Å². The van der Waals surface area contributed by atoms with E-state index in [1.54, 1.807) is 41.9 Å². The van der Waals surface area contributed by atoms with Crippen molar-refractivity contribution >= 4 is 32.2 Å². The lowest BCUT2D eigenvalue weighted by Gasteiger charge is -2.51. The third-order valence-corrected chi connectivity index (χ3v) is 20.4. The Balaban J connectivity index is 1.87. The van der Waals surface area contributed by atoms with Crippen LogP contribution in [-0.4, -0.2) is 169 Å². The Morgan fingerprint density at radius 2 is 1.54 bits per heavy atom. The molecule has 0 radical (unpaired) electrons. The quantitative estimate of drug-likeness (QED) is 0.0378. The Hall–Kier alpha value is -3.60. The Morgan fingerprint density at radius 1 is 0.861 bits per heavy atom. The summed E-state index contributed by atoms with van der Waals surface area (Å²) in [6.07, 6.45) is -0.224. The second-order valence-corrected chi connectivity index (χ2v) is 28.6. The van der Waals surface area contributed by atoms with Gasteiger partial charge in [-0.2, -0.15) is 0 Å². The number of rotatable bonds is 22. The van der Waals surface area contributed by atoms with E-state index in [-0.39, 0.29) is 49.2 Å². The van der Waals surface area contributed by atoms with Crippen LogP contribution < -0.4 is 0 Å². The summed E-state index contributed by atoms with van der Waals surface area (Å²) in [4.78, 5) is 55.9. The lowest BCUT2D eigenvalue weighted by Crippen LogP contribution is -2.66. The Kier molecular flexibility index (Phi) is 27.3. The molecule has 2 saturated heterocycles. The van der Waals surface area contributed by atoms with E-state index < -0.39 is 124 Å². The maximum absolute atomic E-state index is 14.2. The van der Waals surface area contributed by atoms with Crippen LogP contribution in [0.3, 0.4) is 0 Å². The molecule has 18 nitrogen and oxygen atoms in total. The first kappa shape index (κ1) is 67.9. The van der Waals surface area contributed by atoms with Gasteiger partial charge in [-0.1, -0.05) is 95.7 Å². The van der Waals surface area contributed by atoms with E-state index in [0.717, 1.165) is 19.3 Å². The molecule has 0 saturated carbocycles. The standard InChI is InChI=1S/C60H99NO17Si/c1-18-47(63)75-57-41(5)71-51(37-60(57,10)66)76-53-40(4)72-58(56(73-42(6)62)52(53)61(11)12)77-54-44(35-50(67-13)68-14)34-38(2)45(78-79(16,17)59(7,8)9)32-26-19-22-28-39(3)70-49(65)36-46(55(54)69-15)74-48(64)33-27-21-25-31-43-29-23-20-24-30-43/h19-20,22-24,26,29-30,32,38-41,44-46,50-58,66H,18,21,25,27-28,31,33-37H2,1-17H3/b22-19+,32-26+/t38-,39-,40-,41+,44-,45+,46-,51+,52+,53-,54+,55+,56-,57+,58+,60-/m1/s1. The molecule has 0 bridgehead atoms. The van der Waals surface area contributed by atoms with E-state index in [1.807, 2.05) is 62.3 Å². The highest BCUT2D eigenvalue weighted by Gasteiger charge is 2.55. The monoisotopic (exact) mass is 1130 g/mol. The molecule has 3 aliphatic heterocycles. The number of aliphatic hydroxyl groups is 1. The fourth-order valence-corrected chi connectivity index (χ4v) is 11.9. The fourth-order valence-electron chi connectivity index (χ4n) is 10.6. The van der Waals surface area contributed by atoms with Gasteiger partial charge < -0.3 is 66.5 Å². The number of allylic oxidation sites excluding steroid dienone is 2. The molecule has 19 heteroatoms. The zero-order chi connectivity index (χ0) is 58.8. The molecule has 3 heterocycles. The van der Waals surface area contributed by atoms with Gasteiger partial charge in [0.1, 0.15) is 30.0 Å². The van der Waals surface area contributed by atoms with Crippen LogP contribution in [0.25, 0.3) is 0 Å². The van der Waals surface area contributed by atoms with Crippen LogP contribution in [0.15, 0.2) is 54.6 Å². The molecular weight excluding hydrogens is 1030 g/mol. The van der Waals surface area contributed by atoms with Crippen molar-refractivity contribution in [1.29, 1.82) is 0 Å². The van der Waals surface area contributed by atoms with Crippen LogP contribution in [0.4, 0.5) is 0 Å². The number of likely N-dealkylation sites (N-methyl/N-ethyl adjacent to an activating group) is 1. The highest BCUT2D eigenvalue weighted by Crippen LogP contribution is 2.42. The predicted octanol–water partition coefficient (Wildman–Crippen LogP) is 9.18. The largest absolute Gasteiger partial charge is 0.462 e. The summed E-state index contributed by atoms with van der Waals surface area (Å²) in [6, 6.07) is 9.42. The highest BCUT2D eigenvalue weighted by atomic mass is 28.4. The number of ether oxygens (including phenoxy) is 11. The second-order valence-electron chi connectivity index (χ2n) is 23.8. The number of nitrogens with zero attached hydrogens (tertiary/aromatic N) is 1. The minimum Gasteiger partial charge on any atom is -0.462 e. The molecule has 0 spiro atoms. The van der Waals surface area contributed by atoms with Crippen LogP contribution in [0.1, 0.15) is 139 Å². The van der Waals surface area contributed by atoms with Gasteiger partial charge in [0.05, 0.1) is 36.9 Å². The number of cyclic esters (lactones) is 1. The first-order valence-electron chi connectivity index (χ1n) is 28.5. The van der Waals surface area contributed by atoms with E-state index in [4.69, 9.17) is 56.5 Å². The second kappa shape index (κ2) is 31.7. The zero-order valence-corrected chi connectivity index (χ0v) is 51.6. The third kappa shape index (κ3) is 20.7. The topological polar surface area (TPSA) is 203 Å². The van der Waals surface area contributed by atoms with E-state index >= 15 is 0 Å². The van der Waals surface area contributed by atoms with Gasteiger partial charge in [-0.05, 0) is 103 Å². The third-order valence-electron chi connectivity index (χ3n) is 15.9. The van der Waals surface area contributed by atoms with Crippen LogP contribution in [0.5, 0.6) is 0 Å². The number of aryl methyl sites for hydroxylation is 1. The van der Waals surface area contributed by atoms with E-state index in [9.17, 15) is 24.3 Å². The summed E-state index contributed by atoms with van der Waals surface area (Å²) in [5.74, 6) is -3.00. The molecule has 0 unspecified atom stereocenters. The molecule has 16 atom stereocenters. The van der Waals surface area contributed by atoms with Crippen molar-refractivity contribution < 1.29 is 80.8 Å². The Labute approximate surface area is 473 Å². The molecule has 3 aliphatic rings. The SMILES string of the molecule is CCC(=O)O[C@H]1[C@H](C)O[C@@H](O[C@H]2[C@H](N(C)C)[C@@H](OC(C)=O)[C@H](O[C@H]3[C@@H](CC(OC)OC)C[C@@H](C)[C@@H](O[Si](C)(C)C(C)(C)C)/C=C/C=C/C[C@@H](C)OC(=O)C[C@@H](OC(=O)CCCCCc4ccccc4)[C@@H]3OC)O[C@@H]2C)C[C@@]1(C)O. The van der Waals surface area contributed by atoms with Crippen molar-refractivity contribution in [2.24, 2.45) is 11.8 Å². The van der Waals surface area contributed by atoms with E-state index in [2.05, 4.69) is 59.0 Å². The number of unbranched alkanes of at least 4 members (excludes halogenated alkanes) is 2. The molecule has 1 aromatic carbocycles. The van der Waals surface area contributed by atoms with Gasteiger partial charge in [-0.3, -0.25) is 19.2 Å². The minimum absolute atomic E-state index is 0.0568. The average Bonchev–Trinajstić information content (AvgIpc) is 3.42. The van der Waals surface area contributed by atoms with Gasteiger partial charge in [-0.15, -0.1) is 0 Å². The molecule has 1 N–H and O–H groups in total. The zero-order valence-electron chi connectivity index (χ0n) is 50.6. The van der Waals surface area contributed by atoms with Crippen molar-refractivity contribution in [3.05, 3.63) is 60.2 Å². The first-order chi connectivity index (χ1) is 37.1. The van der Waals surface area contributed by atoms with Gasteiger partial charge in [-0.25, -0.2) is 0 Å². The minimum atomic E-state index is -2.40. The maximum Gasteiger partial charge on any atom is 0.309 e. The van der Waals surface area contributed by atoms with Crippen molar-refractivity contribution in [3.63, 3.8) is 0 Å². The number of carbonyl (C=O) groups excluding carboxylic acids is 4. The number of carbonyl (C=O) groups is 4. The molecule has 79 heavy (non-hydrogen) atoms. The number of hydrogen-bond acceptors (Lipinski definition) is 18. The van der Waals surface area contributed by atoms with Crippen LogP contribution in [0, 0.1) is 11.8 Å². The molecule has 450 valence electrons. The Bertz CT molecular complexity index is 2080. The summed E-state index contributed by atoms with van der Waals surface area (Å²) < 4.78 is 77.1. The van der Waals surface area contributed by atoms with E-state index in [0.29, 0.717) is 19.3 Å². The summed E-state index contributed by atoms with van der Waals surface area (Å²) in [6.45, 7) is 23.0. The van der Waals surface area contributed by atoms with Crippen LogP contribution >= 0.6 is 0 Å². The van der Waals surface area contributed by atoms with Crippen molar-refractivity contribution in [1.82, 2.24) is 4.90 Å². The Morgan fingerprint density at radius 3 is 2.14 bits per heavy atom. The molecule has 1 aromatic rings. The molecule has 2 fully saturated rings. The lowest BCUT2D eigenvalue weighted by molar-refractivity contribution is -0.345. The number of methoxy groups -OCH3 is 3. The maximum atomic E-state index is 14.2. The summed E-state index contributed by atoms with van der Waals surface area (Å²) in [5.41, 5.74) is -0.307. The van der Waals surface area contributed by atoms with Crippen molar-refractivity contribution in [3.8, 4) is 0 Å². The number of esters is 4. The average molecular weight is 1130 g/mol. The molecule has 4 rings (SSSR count). The van der Waals surface area contributed by atoms with E-state index in [1.165, 1.54) is 19.6 Å².